The summed E-state index contributed by atoms with van der Waals surface area (Å²) < 4.78 is 0. The van der Waals surface area contributed by atoms with Crippen molar-refractivity contribution in [3.63, 3.8) is 0 Å². The summed E-state index contributed by atoms with van der Waals surface area (Å²) in [6.07, 6.45) is 1.70. The molecule has 0 aliphatic heterocycles. The molecule has 0 amide bonds. The van der Waals surface area contributed by atoms with E-state index in [2.05, 4.69) is 16.4 Å². The predicted octanol–water partition coefficient (Wildman–Crippen LogP) is 3.02. The summed E-state index contributed by atoms with van der Waals surface area (Å²) in [6.45, 7) is 3.91. The van der Waals surface area contributed by atoms with Gasteiger partial charge in [0.2, 0.25) is 0 Å². The van der Waals surface area contributed by atoms with Gasteiger partial charge in [0.15, 0.2) is 0 Å². The zero-order chi connectivity index (χ0) is 13.8. The van der Waals surface area contributed by atoms with E-state index in [0.717, 1.165) is 16.8 Å². The fraction of sp³-hybridized carbons (Fsp3) is 0.200. The van der Waals surface area contributed by atoms with Crippen LogP contribution >= 0.6 is 0 Å². The van der Waals surface area contributed by atoms with Gasteiger partial charge in [-0.15, -0.1) is 0 Å². The molecule has 19 heavy (non-hydrogen) atoms. The number of hydrogen-bond donors (Lipinski definition) is 2. The Morgan fingerprint density at radius 3 is 2.84 bits per heavy atom. The number of pyridine rings is 1. The van der Waals surface area contributed by atoms with Crippen LogP contribution in [0.1, 0.15) is 29.7 Å². The van der Waals surface area contributed by atoms with Crippen LogP contribution in [0.3, 0.4) is 0 Å². The summed E-state index contributed by atoms with van der Waals surface area (Å²) in [4.78, 5) is 4.23. The summed E-state index contributed by atoms with van der Waals surface area (Å²) in [5.41, 5.74) is 9.06. The molecule has 4 nitrogen and oxygen atoms in total. The van der Waals surface area contributed by atoms with Crippen molar-refractivity contribution in [2.75, 3.05) is 11.1 Å². The highest BCUT2D eigenvalue weighted by atomic mass is 15.0. The molecular weight excluding hydrogens is 236 g/mol. The maximum Gasteiger partial charge on any atom is 0.144 e. The number of nitrogens with two attached hydrogens (primary N) is 1. The van der Waals surface area contributed by atoms with Crippen molar-refractivity contribution in [3.8, 4) is 6.07 Å². The third-order valence-electron chi connectivity index (χ3n) is 3.04. The summed E-state index contributed by atoms with van der Waals surface area (Å²) >= 11 is 0. The van der Waals surface area contributed by atoms with Gasteiger partial charge < -0.3 is 11.1 Å². The molecule has 0 saturated carbocycles. The molecule has 0 aliphatic carbocycles. The standard InChI is InChI=1S/C15H16N4/c1-10-6-7-18-15(14(10)9-16)19-11(2)12-4-3-5-13(17)8-12/h3-8,11H,17H2,1-2H3,(H,18,19). The molecule has 0 radical (unpaired) electrons. The maximum absolute atomic E-state index is 9.18. The zero-order valence-corrected chi connectivity index (χ0v) is 11.0. The Morgan fingerprint density at radius 2 is 2.16 bits per heavy atom. The van der Waals surface area contributed by atoms with E-state index < -0.39 is 0 Å². The molecule has 1 heterocycles. The van der Waals surface area contributed by atoms with Gasteiger partial charge in [-0.2, -0.15) is 5.26 Å². The Labute approximate surface area is 112 Å². The van der Waals surface area contributed by atoms with Crippen molar-refractivity contribution in [2.24, 2.45) is 0 Å². The first-order valence-electron chi connectivity index (χ1n) is 6.09. The average molecular weight is 252 g/mol. The molecule has 2 aromatic rings. The number of nitrogens with one attached hydrogen (secondary N) is 1. The molecule has 2 rings (SSSR count). The molecule has 0 fully saturated rings. The molecule has 1 aromatic heterocycles. The monoisotopic (exact) mass is 252 g/mol. The van der Waals surface area contributed by atoms with E-state index in [0.29, 0.717) is 11.4 Å². The van der Waals surface area contributed by atoms with Crippen molar-refractivity contribution in [2.45, 2.75) is 19.9 Å². The zero-order valence-electron chi connectivity index (χ0n) is 11.0. The number of aryl methyl sites for hydroxylation is 1. The van der Waals surface area contributed by atoms with E-state index in [1.54, 1.807) is 6.20 Å². The molecule has 1 atom stereocenters. The Balaban J connectivity index is 2.27. The van der Waals surface area contributed by atoms with Crippen LogP contribution in [-0.4, -0.2) is 4.98 Å². The van der Waals surface area contributed by atoms with Crippen molar-refractivity contribution >= 4 is 11.5 Å². The van der Waals surface area contributed by atoms with Crippen LogP contribution in [0.15, 0.2) is 36.5 Å². The first-order chi connectivity index (χ1) is 9.11. The number of nitrogens with zero attached hydrogens (tertiary/aromatic N) is 2. The largest absolute Gasteiger partial charge is 0.399 e. The first kappa shape index (κ1) is 12.9. The smallest absolute Gasteiger partial charge is 0.144 e. The number of anilines is 2. The number of nitrogen functional groups attached to an aromatic ring is 1. The van der Waals surface area contributed by atoms with Crippen LogP contribution in [0, 0.1) is 18.3 Å². The number of benzene rings is 1. The minimum Gasteiger partial charge on any atom is -0.399 e. The van der Waals surface area contributed by atoms with E-state index >= 15 is 0 Å². The summed E-state index contributed by atoms with van der Waals surface area (Å²) in [7, 11) is 0. The summed E-state index contributed by atoms with van der Waals surface area (Å²) in [6, 6.07) is 11.7. The Bertz CT molecular complexity index is 628. The van der Waals surface area contributed by atoms with Gasteiger partial charge in [0.25, 0.3) is 0 Å². The number of aromatic nitrogens is 1. The molecule has 96 valence electrons. The van der Waals surface area contributed by atoms with Gasteiger partial charge in [-0.3, -0.25) is 0 Å². The molecule has 0 saturated heterocycles. The van der Waals surface area contributed by atoms with Crippen molar-refractivity contribution < 1.29 is 0 Å². The molecule has 0 aliphatic rings. The van der Waals surface area contributed by atoms with Gasteiger partial charge in [-0.25, -0.2) is 4.98 Å². The highest BCUT2D eigenvalue weighted by Gasteiger charge is 2.11. The lowest BCUT2D eigenvalue weighted by Gasteiger charge is -2.16. The second kappa shape index (κ2) is 5.40. The third-order valence-corrected chi connectivity index (χ3v) is 3.04. The molecule has 0 spiro atoms. The van der Waals surface area contributed by atoms with E-state index in [9.17, 15) is 5.26 Å². The Kier molecular flexibility index (Phi) is 3.67. The lowest BCUT2D eigenvalue weighted by atomic mass is 10.1. The van der Waals surface area contributed by atoms with Crippen molar-refractivity contribution in [3.05, 3.63) is 53.2 Å². The molecule has 1 aromatic carbocycles. The summed E-state index contributed by atoms with van der Waals surface area (Å²) in [5.74, 6) is 0.609. The van der Waals surface area contributed by atoms with E-state index in [1.807, 2.05) is 44.2 Å². The summed E-state index contributed by atoms with van der Waals surface area (Å²) in [5, 5.41) is 12.4. The van der Waals surface area contributed by atoms with Gasteiger partial charge >= 0.3 is 0 Å². The van der Waals surface area contributed by atoms with E-state index in [-0.39, 0.29) is 6.04 Å². The van der Waals surface area contributed by atoms with Gasteiger partial charge in [0.1, 0.15) is 11.9 Å². The van der Waals surface area contributed by atoms with Crippen LogP contribution in [0.2, 0.25) is 0 Å². The van der Waals surface area contributed by atoms with Crippen LogP contribution in [0.4, 0.5) is 11.5 Å². The predicted molar refractivity (Wildman–Crippen MR) is 76.6 cm³/mol. The van der Waals surface area contributed by atoms with Gasteiger partial charge in [-0.1, -0.05) is 12.1 Å². The van der Waals surface area contributed by atoms with Gasteiger partial charge in [0, 0.05) is 11.9 Å². The van der Waals surface area contributed by atoms with E-state index in [4.69, 9.17) is 5.73 Å². The van der Waals surface area contributed by atoms with Crippen LogP contribution in [0.25, 0.3) is 0 Å². The number of hydrogen-bond acceptors (Lipinski definition) is 4. The Morgan fingerprint density at radius 1 is 1.37 bits per heavy atom. The van der Waals surface area contributed by atoms with E-state index in [1.165, 1.54) is 0 Å². The minimum absolute atomic E-state index is 0.0323. The van der Waals surface area contributed by atoms with Crippen molar-refractivity contribution in [1.29, 1.82) is 5.26 Å². The van der Waals surface area contributed by atoms with Crippen molar-refractivity contribution in [1.82, 2.24) is 4.98 Å². The topological polar surface area (TPSA) is 74.7 Å². The van der Waals surface area contributed by atoms with Gasteiger partial charge in [-0.05, 0) is 43.2 Å². The number of rotatable bonds is 3. The molecule has 4 heteroatoms. The Hall–Kier alpha value is -2.54. The lowest BCUT2D eigenvalue weighted by Crippen LogP contribution is -2.10. The lowest BCUT2D eigenvalue weighted by molar-refractivity contribution is 0.873. The van der Waals surface area contributed by atoms with Gasteiger partial charge in [0.05, 0.1) is 11.6 Å². The fourth-order valence-electron chi connectivity index (χ4n) is 1.93. The minimum atomic E-state index is 0.0323. The highest BCUT2D eigenvalue weighted by Crippen LogP contribution is 2.23. The molecular formula is C15H16N4. The highest BCUT2D eigenvalue weighted by molar-refractivity contribution is 5.56. The molecule has 3 N–H and O–H groups in total. The van der Waals surface area contributed by atoms with Crippen LogP contribution in [0.5, 0.6) is 0 Å². The SMILES string of the molecule is Cc1ccnc(NC(C)c2cccc(N)c2)c1C#N. The average Bonchev–Trinajstić information content (AvgIpc) is 2.39. The van der Waals surface area contributed by atoms with Crippen LogP contribution < -0.4 is 11.1 Å². The second-order valence-corrected chi connectivity index (χ2v) is 4.50. The molecule has 1 unspecified atom stereocenters. The molecule has 0 bridgehead atoms. The first-order valence-corrected chi connectivity index (χ1v) is 6.09. The second-order valence-electron chi connectivity index (χ2n) is 4.50. The third kappa shape index (κ3) is 2.83. The fourth-order valence-corrected chi connectivity index (χ4v) is 1.93. The number of nitriles is 1. The van der Waals surface area contributed by atoms with Crippen LogP contribution in [-0.2, 0) is 0 Å². The maximum atomic E-state index is 9.18. The normalized spacial score (nSPS) is 11.6. The quantitative estimate of drug-likeness (QED) is 0.823.